The molecule has 4 nitrogen and oxygen atoms in total. The second-order valence-electron chi connectivity index (χ2n) is 1.84. The molecule has 0 aromatic carbocycles. The Bertz CT molecular complexity index is 216. The van der Waals surface area contributed by atoms with Gasteiger partial charge in [-0.3, -0.25) is 9.05 Å². The van der Waals surface area contributed by atoms with E-state index in [9.17, 15) is 4.57 Å². The van der Waals surface area contributed by atoms with Crippen molar-refractivity contribution in [3.8, 4) is 12.0 Å². The van der Waals surface area contributed by atoms with Crippen LogP contribution >= 0.6 is 7.82 Å². The Morgan fingerprint density at radius 1 is 1.55 bits per heavy atom. The van der Waals surface area contributed by atoms with Crippen LogP contribution in [0.2, 0.25) is 0 Å². The summed E-state index contributed by atoms with van der Waals surface area (Å²) in [7, 11) is -3.27. The Morgan fingerprint density at radius 2 is 2.18 bits per heavy atom. The fraction of sp³-hybridized carbons (Fsp3) is 0.667. The van der Waals surface area contributed by atoms with E-state index in [0.29, 0.717) is 19.6 Å². The van der Waals surface area contributed by atoms with Crippen LogP contribution in [0.25, 0.3) is 0 Å². The maximum atomic E-state index is 11.1. The topological polar surface area (TPSA) is 44.8 Å². The van der Waals surface area contributed by atoms with Gasteiger partial charge in [0, 0.05) is 6.42 Å². The number of phosphoric ester groups is 1. The van der Waals surface area contributed by atoms with Crippen molar-refractivity contribution in [2.24, 2.45) is 0 Å². The summed E-state index contributed by atoms with van der Waals surface area (Å²) in [4.78, 5) is 0. The van der Waals surface area contributed by atoms with Gasteiger partial charge in [0.15, 0.2) is 0 Å². The average Bonchev–Trinajstić information content (AvgIpc) is 2.38. The predicted octanol–water partition coefficient (Wildman–Crippen LogP) is 1.53. The second-order valence-corrected chi connectivity index (χ2v) is 3.43. The molecule has 1 aliphatic heterocycles. The maximum Gasteiger partial charge on any atom is 0.538 e. The highest BCUT2D eigenvalue weighted by molar-refractivity contribution is 7.48. The van der Waals surface area contributed by atoms with Crippen LogP contribution in [0.3, 0.4) is 0 Å². The van der Waals surface area contributed by atoms with Gasteiger partial charge in [0.2, 0.25) is 0 Å². The Hall–Kier alpha value is -0.490. The molecule has 0 radical (unpaired) electrons. The fourth-order valence-corrected chi connectivity index (χ4v) is 1.50. The van der Waals surface area contributed by atoms with E-state index < -0.39 is 7.82 Å². The summed E-state index contributed by atoms with van der Waals surface area (Å²) < 4.78 is 25.1. The molecule has 0 aliphatic carbocycles. The first-order valence-electron chi connectivity index (χ1n) is 3.32. The highest BCUT2D eigenvalue weighted by Crippen LogP contribution is 2.52. The molecule has 62 valence electrons. The van der Waals surface area contributed by atoms with E-state index in [1.54, 1.807) is 0 Å². The SMILES string of the molecule is CCC#COP1(=O)OCCO1. The van der Waals surface area contributed by atoms with Gasteiger partial charge in [-0.1, -0.05) is 12.8 Å². The molecular formula is C6H9O4P. The van der Waals surface area contributed by atoms with E-state index in [1.807, 2.05) is 6.92 Å². The molecule has 5 heteroatoms. The third-order valence-electron chi connectivity index (χ3n) is 0.989. The zero-order valence-corrected chi connectivity index (χ0v) is 7.10. The maximum absolute atomic E-state index is 11.1. The largest absolute Gasteiger partial charge is 0.538 e. The first-order chi connectivity index (χ1) is 5.27. The zero-order chi connectivity index (χ0) is 8.16. The molecule has 1 aliphatic rings. The average molecular weight is 176 g/mol. The number of rotatable bonds is 1. The molecule has 0 atom stereocenters. The van der Waals surface area contributed by atoms with Gasteiger partial charge in [0.1, 0.15) is 6.11 Å². The lowest BCUT2D eigenvalue weighted by atomic mass is 10.5. The third-order valence-corrected chi connectivity index (χ3v) is 2.30. The van der Waals surface area contributed by atoms with Crippen LogP contribution < -0.4 is 0 Å². The van der Waals surface area contributed by atoms with E-state index in [2.05, 4.69) is 16.6 Å². The van der Waals surface area contributed by atoms with Crippen molar-refractivity contribution in [1.29, 1.82) is 0 Å². The van der Waals surface area contributed by atoms with Gasteiger partial charge in [-0.25, -0.2) is 4.57 Å². The summed E-state index contributed by atoms with van der Waals surface area (Å²) >= 11 is 0. The molecule has 1 saturated heterocycles. The molecule has 11 heavy (non-hydrogen) atoms. The van der Waals surface area contributed by atoms with Gasteiger partial charge < -0.3 is 4.52 Å². The normalized spacial score (nSPS) is 20.5. The molecule has 1 rings (SSSR count). The van der Waals surface area contributed by atoms with Crippen molar-refractivity contribution >= 4 is 7.82 Å². The van der Waals surface area contributed by atoms with Crippen LogP contribution in [-0.2, 0) is 18.1 Å². The molecule has 1 fully saturated rings. The molecule has 0 aromatic rings. The summed E-state index contributed by atoms with van der Waals surface area (Å²) in [5.74, 6) is 2.60. The molecular weight excluding hydrogens is 167 g/mol. The smallest absolute Gasteiger partial charge is 0.350 e. The Balaban J connectivity index is 2.41. The van der Waals surface area contributed by atoms with Gasteiger partial charge in [0.05, 0.1) is 13.2 Å². The minimum Gasteiger partial charge on any atom is -0.350 e. The van der Waals surface area contributed by atoms with Crippen LogP contribution in [0.15, 0.2) is 0 Å². The van der Waals surface area contributed by atoms with E-state index in [-0.39, 0.29) is 0 Å². The molecule has 0 amide bonds. The van der Waals surface area contributed by atoms with Crippen LogP contribution in [0, 0.1) is 12.0 Å². The highest BCUT2D eigenvalue weighted by atomic mass is 31.2. The fourth-order valence-electron chi connectivity index (χ4n) is 0.548. The van der Waals surface area contributed by atoms with Crippen molar-refractivity contribution in [1.82, 2.24) is 0 Å². The zero-order valence-electron chi connectivity index (χ0n) is 6.20. The Labute approximate surface area is 65.4 Å². The van der Waals surface area contributed by atoms with E-state index >= 15 is 0 Å². The van der Waals surface area contributed by atoms with E-state index in [4.69, 9.17) is 9.05 Å². The van der Waals surface area contributed by atoms with Crippen LogP contribution in [-0.4, -0.2) is 13.2 Å². The van der Waals surface area contributed by atoms with Crippen molar-refractivity contribution in [3.63, 3.8) is 0 Å². The van der Waals surface area contributed by atoms with E-state index in [1.165, 1.54) is 0 Å². The molecule has 0 aromatic heterocycles. The van der Waals surface area contributed by atoms with Gasteiger partial charge in [-0.2, -0.15) is 0 Å². The molecule has 0 N–H and O–H groups in total. The second kappa shape index (κ2) is 3.77. The lowest BCUT2D eigenvalue weighted by molar-refractivity contribution is 0.257. The lowest BCUT2D eigenvalue weighted by Gasteiger charge is -2.02. The summed E-state index contributed by atoms with van der Waals surface area (Å²) in [6.45, 7) is 2.48. The third kappa shape index (κ3) is 2.55. The molecule has 0 spiro atoms. The highest BCUT2D eigenvalue weighted by Gasteiger charge is 2.32. The lowest BCUT2D eigenvalue weighted by Crippen LogP contribution is -1.81. The van der Waals surface area contributed by atoms with Gasteiger partial charge in [0.25, 0.3) is 0 Å². The van der Waals surface area contributed by atoms with Crippen LogP contribution in [0.1, 0.15) is 13.3 Å². The minimum atomic E-state index is -3.27. The number of phosphoric acid groups is 1. The first kappa shape index (κ1) is 8.61. The molecule has 0 saturated carbocycles. The molecule has 0 bridgehead atoms. The Kier molecular flexibility index (Phi) is 2.95. The van der Waals surface area contributed by atoms with Crippen LogP contribution in [0.4, 0.5) is 0 Å². The molecule has 1 heterocycles. The van der Waals surface area contributed by atoms with Gasteiger partial charge in [-0.15, -0.1) is 0 Å². The van der Waals surface area contributed by atoms with Crippen molar-refractivity contribution in [2.75, 3.05) is 13.2 Å². The standard InChI is InChI=1S/C6H9O4P/c1-2-3-4-8-11(7)9-5-6-10-11/h2,5-6H2,1H3. The van der Waals surface area contributed by atoms with Crippen molar-refractivity contribution in [3.05, 3.63) is 0 Å². The monoisotopic (exact) mass is 176 g/mol. The van der Waals surface area contributed by atoms with E-state index in [0.717, 1.165) is 0 Å². The first-order valence-corrected chi connectivity index (χ1v) is 4.78. The van der Waals surface area contributed by atoms with Gasteiger partial charge >= 0.3 is 7.82 Å². The Morgan fingerprint density at radius 3 is 2.73 bits per heavy atom. The van der Waals surface area contributed by atoms with Crippen molar-refractivity contribution in [2.45, 2.75) is 13.3 Å². The van der Waals surface area contributed by atoms with Gasteiger partial charge in [-0.05, 0) is 0 Å². The van der Waals surface area contributed by atoms with Crippen molar-refractivity contribution < 1.29 is 18.1 Å². The summed E-state index contributed by atoms with van der Waals surface area (Å²) in [6, 6.07) is 0. The predicted molar refractivity (Wildman–Crippen MR) is 38.7 cm³/mol. The number of hydrogen-bond donors (Lipinski definition) is 0. The molecule has 0 unspecified atom stereocenters. The minimum absolute atomic E-state index is 0.311. The summed E-state index contributed by atoms with van der Waals surface area (Å²) in [6.07, 6.45) is 2.91. The quantitative estimate of drug-likeness (QED) is 0.449. The summed E-state index contributed by atoms with van der Waals surface area (Å²) in [5, 5.41) is 0. The number of hydrogen-bond acceptors (Lipinski definition) is 4. The van der Waals surface area contributed by atoms with Crippen LogP contribution in [0.5, 0.6) is 0 Å². The summed E-state index contributed by atoms with van der Waals surface area (Å²) in [5.41, 5.74) is 0.